The Kier molecular flexibility index (Phi) is 3.60. The van der Waals surface area contributed by atoms with E-state index >= 15 is 0 Å². The van der Waals surface area contributed by atoms with Gasteiger partial charge in [0.1, 0.15) is 5.75 Å². The third-order valence-corrected chi connectivity index (χ3v) is 2.04. The number of hydrogen-bond acceptors (Lipinski definition) is 5. The number of carbonyl (C=O) groups excluding carboxylic acids is 1. The van der Waals surface area contributed by atoms with Crippen molar-refractivity contribution in [3.8, 4) is 5.75 Å². The zero-order valence-electron chi connectivity index (χ0n) is 9.32. The van der Waals surface area contributed by atoms with Crippen LogP contribution in [0.3, 0.4) is 0 Å². The SMILES string of the molecule is O=C(N/N=C/c1ccc(O)cc1)c1ncccn1. The Morgan fingerprint density at radius 1 is 1.22 bits per heavy atom. The molecule has 0 bridgehead atoms. The molecule has 2 aromatic rings. The number of benzene rings is 1. The third kappa shape index (κ3) is 3.11. The van der Waals surface area contributed by atoms with E-state index in [1.807, 2.05) is 0 Å². The molecule has 6 nitrogen and oxygen atoms in total. The summed E-state index contributed by atoms with van der Waals surface area (Å²) in [6, 6.07) is 8.03. The maximum absolute atomic E-state index is 11.5. The molecule has 0 unspecified atom stereocenters. The van der Waals surface area contributed by atoms with Crippen LogP contribution in [0.2, 0.25) is 0 Å². The van der Waals surface area contributed by atoms with Crippen molar-refractivity contribution in [2.45, 2.75) is 0 Å². The molecule has 0 saturated heterocycles. The summed E-state index contributed by atoms with van der Waals surface area (Å²) in [7, 11) is 0. The van der Waals surface area contributed by atoms with Crippen LogP contribution >= 0.6 is 0 Å². The average Bonchev–Trinajstić information content (AvgIpc) is 2.42. The van der Waals surface area contributed by atoms with Gasteiger partial charge in [-0.1, -0.05) is 0 Å². The summed E-state index contributed by atoms with van der Waals surface area (Å²) in [5.41, 5.74) is 3.06. The van der Waals surface area contributed by atoms with Crippen LogP contribution in [-0.4, -0.2) is 27.2 Å². The van der Waals surface area contributed by atoms with Gasteiger partial charge in [-0.05, 0) is 35.9 Å². The van der Waals surface area contributed by atoms with Gasteiger partial charge in [0, 0.05) is 12.4 Å². The molecule has 2 N–H and O–H groups in total. The molecule has 1 aromatic carbocycles. The van der Waals surface area contributed by atoms with Gasteiger partial charge in [0.2, 0.25) is 5.82 Å². The van der Waals surface area contributed by atoms with Crippen molar-refractivity contribution in [2.24, 2.45) is 5.10 Å². The lowest BCUT2D eigenvalue weighted by Crippen LogP contribution is -2.20. The molecule has 0 radical (unpaired) electrons. The second-order valence-electron chi connectivity index (χ2n) is 3.36. The quantitative estimate of drug-likeness (QED) is 0.619. The second-order valence-corrected chi connectivity index (χ2v) is 3.36. The van der Waals surface area contributed by atoms with Crippen LogP contribution in [0.5, 0.6) is 5.75 Å². The molecule has 0 aliphatic carbocycles. The Balaban J connectivity index is 1.96. The van der Waals surface area contributed by atoms with E-state index in [9.17, 15) is 4.79 Å². The van der Waals surface area contributed by atoms with Gasteiger partial charge in [0.05, 0.1) is 6.21 Å². The number of hydrogen-bond donors (Lipinski definition) is 2. The van der Waals surface area contributed by atoms with Crippen LogP contribution in [0.4, 0.5) is 0 Å². The van der Waals surface area contributed by atoms with Crippen LogP contribution in [-0.2, 0) is 0 Å². The molecule has 0 saturated carbocycles. The van der Waals surface area contributed by atoms with Crippen molar-refractivity contribution >= 4 is 12.1 Å². The number of nitrogens with zero attached hydrogens (tertiary/aromatic N) is 3. The first kappa shape index (κ1) is 11.7. The monoisotopic (exact) mass is 242 g/mol. The highest BCUT2D eigenvalue weighted by Gasteiger charge is 2.05. The minimum Gasteiger partial charge on any atom is -0.508 e. The summed E-state index contributed by atoms with van der Waals surface area (Å²) < 4.78 is 0. The van der Waals surface area contributed by atoms with Crippen molar-refractivity contribution < 1.29 is 9.90 Å². The molecule has 1 heterocycles. The lowest BCUT2D eigenvalue weighted by molar-refractivity contribution is 0.0944. The molecule has 0 fully saturated rings. The van der Waals surface area contributed by atoms with E-state index < -0.39 is 5.91 Å². The summed E-state index contributed by atoms with van der Waals surface area (Å²) >= 11 is 0. The highest BCUT2D eigenvalue weighted by Crippen LogP contribution is 2.07. The Labute approximate surface area is 103 Å². The minimum atomic E-state index is -0.481. The molecule has 6 heteroatoms. The number of nitrogens with one attached hydrogen (secondary N) is 1. The van der Waals surface area contributed by atoms with Crippen molar-refractivity contribution in [1.29, 1.82) is 0 Å². The topological polar surface area (TPSA) is 87.5 Å². The van der Waals surface area contributed by atoms with Crippen LogP contribution in [0.1, 0.15) is 16.2 Å². The van der Waals surface area contributed by atoms with Gasteiger partial charge in [-0.25, -0.2) is 15.4 Å². The Morgan fingerprint density at radius 3 is 2.56 bits per heavy atom. The zero-order valence-corrected chi connectivity index (χ0v) is 9.32. The van der Waals surface area contributed by atoms with Crippen LogP contribution in [0.15, 0.2) is 47.8 Å². The standard InChI is InChI=1S/C12H10N4O2/c17-10-4-2-9(3-5-10)8-15-16-12(18)11-13-6-1-7-14-11/h1-8,17H,(H,16,18)/b15-8+. The smallest absolute Gasteiger partial charge is 0.309 e. The molecule has 1 aromatic heterocycles. The van der Waals surface area contributed by atoms with Crippen molar-refractivity contribution in [3.63, 3.8) is 0 Å². The lowest BCUT2D eigenvalue weighted by Gasteiger charge is -1.97. The number of aromatic hydroxyl groups is 1. The lowest BCUT2D eigenvalue weighted by atomic mass is 10.2. The predicted octanol–water partition coefficient (Wildman–Crippen LogP) is 0.946. The molecule has 1 amide bonds. The Morgan fingerprint density at radius 2 is 1.89 bits per heavy atom. The summed E-state index contributed by atoms with van der Waals surface area (Å²) in [6.07, 6.45) is 4.41. The van der Waals surface area contributed by atoms with Crippen molar-refractivity contribution in [1.82, 2.24) is 15.4 Å². The van der Waals surface area contributed by atoms with Gasteiger partial charge in [-0.3, -0.25) is 4.79 Å². The minimum absolute atomic E-state index is 0.0559. The number of hydrazone groups is 1. The number of amides is 1. The molecular formula is C12H10N4O2. The summed E-state index contributed by atoms with van der Waals surface area (Å²) in [6.45, 7) is 0. The average molecular weight is 242 g/mol. The van der Waals surface area contributed by atoms with E-state index in [0.717, 1.165) is 5.56 Å². The first-order chi connectivity index (χ1) is 8.75. The molecule has 0 atom stereocenters. The van der Waals surface area contributed by atoms with E-state index in [2.05, 4.69) is 20.5 Å². The van der Waals surface area contributed by atoms with Gasteiger partial charge >= 0.3 is 5.91 Å². The highest BCUT2D eigenvalue weighted by atomic mass is 16.3. The van der Waals surface area contributed by atoms with E-state index in [-0.39, 0.29) is 11.6 Å². The number of phenols is 1. The number of carbonyl (C=O) groups is 1. The molecule has 0 spiro atoms. The fourth-order valence-corrected chi connectivity index (χ4v) is 1.19. The van der Waals surface area contributed by atoms with Crippen LogP contribution in [0, 0.1) is 0 Å². The summed E-state index contributed by atoms with van der Waals surface area (Å²) in [5, 5.41) is 12.8. The van der Waals surface area contributed by atoms with Gasteiger partial charge in [-0.2, -0.15) is 5.10 Å². The Bertz CT molecular complexity index is 552. The van der Waals surface area contributed by atoms with Gasteiger partial charge in [0.15, 0.2) is 0 Å². The molecule has 18 heavy (non-hydrogen) atoms. The van der Waals surface area contributed by atoms with Crippen LogP contribution < -0.4 is 5.43 Å². The maximum atomic E-state index is 11.5. The first-order valence-corrected chi connectivity index (χ1v) is 5.15. The Hall–Kier alpha value is -2.76. The zero-order chi connectivity index (χ0) is 12.8. The number of aromatic nitrogens is 2. The second kappa shape index (κ2) is 5.53. The number of rotatable bonds is 3. The predicted molar refractivity (Wildman–Crippen MR) is 65.2 cm³/mol. The van der Waals surface area contributed by atoms with Gasteiger partial charge < -0.3 is 5.11 Å². The van der Waals surface area contributed by atoms with E-state index in [1.54, 1.807) is 18.2 Å². The van der Waals surface area contributed by atoms with Crippen LogP contribution in [0.25, 0.3) is 0 Å². The normalized spacial score (nSPS) is 10.4. The summed E-state index contributed by atoms with van der Waals surface area (Å²) in [4.78, 5) is 19.1. The third-order valence-electron chi connectivity index (χ3n) is 2.04. The van der Waals surface area contributed by atoms with E-state index in [4.69, 9.17) is 5.11 Å². The van der Waals surface area contributed by atoms with E-state index in [1.165, 1.54) is 30.7 Å². The fraction of sp³-hybridized carbons (Fsp3) is 0. The van der Waals surface area contributed by atoms with E-state index in [0.29, 0.717) is 0 Å². The van der Waals surface area contributed by atoms with Gasteiger partial charge in [-0.15, -0.1) is 0 Å². The van der Waals surface area contributed by atoms with Crippen molar-refractivity contribution in [2.75, 3.05) is 0 Å². The molecule has 90 valence electrons. The molecule has 0 aliphatic heterocycles. The molecule has 0 aliphatic rings. The molecule has 2 rings (SSSR count). The maximum Gasteiger partial charge on any atom is 0.309 e. The largest absolute Gasteiger partial charge is 0.508 e. The number of phenolic OH excluding ortho intramolecular Hbond substituents is 1. The highest BCUT2D eigenvalue weighted by molar-refractivity contribution is 5.91. The molecular weight excluding hydrogens is 232 g/mol. The van der Waals surface area contributed by atoms with Gasteiger partial charge in [0.25, 0.3) is 0 Å². The van der Waals surface area contributed by atoms with Crippen molar-refractivity contribution in [3.05, 3.63) is 54.1 Å². The summed E-state index contributed by atoms with van der Waals surface area (Å²) in [5.74, 6) is -0.250. The fourth-order valence-electron chi connectivity index (χ4n) is 1.19. The first-order valence-electron chi connectivity index (χ1n) is 5.15.